The van der Waals surface area contributed by atoms with Gasteiger partial charge in [0.25, 0.3) is 5.91 Å². The normalized spacial score (nSPS) is 16.6. The zero-order chi connectivity index (χ0) is 21.5. The molecule has 2 unspecified atom stereocenters. The second kappa shape index (κ2) is 10.0. The second-order valence-corrected chi connectivity index (χ2v) is 7.53. The number of hydrogen-bond acceptors (Lipinski definition) is 6. The summed E-state index contributed by atoms with van der Waals surface area (Å²) in [7, 11) is 0. The molecule has 160 valence electrons. The van der Waals surface area contributed by atoms with E-state index >= 15 is 0 Å². The molecular weight excluding hydrogens is 394 g/mol. The molecule has 0 radical (unpaired) electrons. The molecular formula is C24H25N3O4. The van der Waals surface area contributed by atoms with Gasteiger partial charge in [-0.05, 0) is 30.5 Å². The molecule has 2 heterocycles. The minimum atomic E-state index is -0.844. The molecule has 7 heteroatoms. The van der Waals surface area contributed by atoms with Crippen LogP contribution >= 0.6 is 0 Å². The van der Waals surface area contributed by atoms with Crippen molar-refractivity contribution < 1.29 is 18.7 Å². The van der Waals surface area contributed by atoms with Crippen LogP contribution in [0.3, 0.4) is 0 Å². The van der Waals surface area contributed by atoms with Crippen LogP contribution in [0.1, 0.15) is 46.4 Å². The van der Waals surface area contributed by atoms with Crippen LogP contribution in [0.5, 0.6) is 0 Å². The van der Waals surface area contributed by atoms with Gasteiger partial charge >= 0.3 is 5.97 Å². The molecule has 2 atom stereocenters. The SMILES string of the molecule is O=C(NC(Cc1ccccc1)C(=O)OCc1ccccc1)c1coc(C2CCCN2)n1. The summed E-state index contributed by atoms with van der Waals surface area (Å²) in [5, 5.41) is 6.05. The van der Waals surface area contributed by atoms with E-state index < -0.39 is 17.9 Å². The molecule has 1 aliphatic heterocycles. The van der Waals surface area contributed by atoms with E-state index in [0.717, 1.165) is 30.5 Å². The Hall–Kier alpha value is -3.45. The van der Waals surface area contributed by atoms with Crippen LogP contribution in [0.2, 0.25) is 0 Å². The molecule has 0 saturated carbocycles. The lowest BCUT2D eigenvalue weighted by atomic mass is 10.1. The molecule has 2 aromatic carbocycles. The third-order valence-corrected chi connectivity index (χ3v) is 5.21. The van der Waals surface area contributed by atoms with Gasteiger partial charge in [0, 0.05) is 6.42 Å². The van der Waals surface area contributed by atoms with E-state index in [2.05, 4.69) is 15.6 Å². The van der Waals surface area contributed by atoms with Crippen molar-refractivity contribution in [1.82, 2.24) is 15.6 Å². The maximum absolute atomic E-state index is 12.8. The maximum Gasteiger partial charge on any atom is 0.329 e. The van der Waals surface area contributed by atoms with Crippen molar-refractivity contribution in [3.8, 4) is 0 Å². The van der Waals surface area contributed by atoms with Crippen molar-refractivity contribution in [2.24, 2.45) is 0 Å². The largest absolute Gasteiger partial charge is 0.459 e. The van der Waals surface area contributed by atoms with Crippen molar-refractivity contribution in [2.45, 2.75) is 38.0 Å². The number of carbonyl (C=O) groups is 2. The fourth-order valence-electron chi connectivity index (χ4n) is 3.55. The minimum absolute atomic E-state index is 0.0255. The van der Waals surface area contributed by atoms with Gasteiger partial charge in [-0.2, -0.15) is 0 Å². The standard InChI is InChI=1S/C24H25N3O4/c28-22(21-16-30-23(27-21)19-12-7-13-25-19)26-20(14-17-8-3-1-4-9-17)24(29)31-15-18-10-5-2-6-11-18/h1-6,8-11,16,19-20,25H,7,12-15H2,(H,26,28). The van der Waals surface area contributed by atoms with Gasteiger partial charge in [0.2, 0.25) is 5.89 Å². The Kier molecular flexibility index (Phi) is 6.74. The van der Waals surface area contributed by atoms with E-state index in [1.807, 2.05) is 60.7 Å². The number of nitrogens with zero attached hydrogens (tertiary/aromatic N) is 1. The first-order valence-electron chi connectivity index (χ1n) is 10.4. The molecule has 2 N–H and O–H groups in total. The quantitative estimate of drug-likeness (QED) is 0.545. The summed E-state index contributed by atoms with van der Waals surface area (Å²) in [6, 6.07) is 18.1. The first-order valence-corrected chi connectivity index (χ1v) is 10.4. The lowest BCUT2D eigenvalue weighted by Gasteiger charge is -2.17. The molecule has 1 amide bonds. The monoisotopic (exact) mass is 419 g/mol. The highest BCUT2D eigenvalue weighted by atomic mass is 16.5. The van der Waals surface area contributed by atoms with Gasteiger partial charge in [0.15, 0.2) is 5.69 Å². The molecule has 1 aliphatic rings. The maximum atomic E-state index is 12.8. The lowest BCUT2D eigenvalue weighted by molar-refractivity contribution is -0.147. The van der Waals surface area contributed by atoms with E-state index in [9.17, 15) is 9.59 Å². The Labute approximate surface area is 180 Å². The number of esters is 1. The van der Waals surface area contributed by atoms with E-state index in [4.69, 9.17) is 9.15 Å². The average Bonchev–Trinajstić information content (AvgIpc) is 3.50. The topological polar surface area (TPSA) is 93.5 Å². The number of nitrogens with one attached hydrogen (secondary N) is 2. The summed E-state index contributed by atoms with van der Waals surface area (Å²) < 4.78 is 11.0. The minimum Gasteiger partial charge on any atom is -0.459 e. The fraction of sp³-hybridized carbons (Fsp3) is 0.292. The summed E-state index contributed by atoms with van der Waals surface area (Å²) in [6.07, 6.45) is 3.61. The van der Waals surface area contributed by atoms with Crippen LogP contribution in [-0.4, -0.2) is 29.4 Å². The number of rotatable bonds is 8. The number of benzene rings is 2. The van der Waals surface area contributed by atoms with Crippen molar-refractivity contribution in [1.29, 1.82) is 0 Å². The number of carbonyl (C=O) groups excluding carboxylic acids is 2. The van der Waals surface area contributed by atoms with Gasteiger partial charge in [0.1, 0.15) is 18.9 Å². The van der Waals surface area contributed by atoms with Gasteiger partial charge < -0.3 is 19.8 Å². The van der Waals surface area contributed by atoms with E-state index in [0.29, 0.717) is 12.3 Å². The predicted octanol–water partition coefficient (Wildman–Crippen LogP) is 3.18. The van der Waals surface area contributed by atoms with Crippen LogP contribution < -0.4 is 10.6 Å². The van der Waals surface area contributed by atoms with Crippen LogP contribution in [0.4, 0.5) is 0 Å². The van der Waals surface area contributed by atoms with Crippen molar-refractivity contribution >= 4 is 11.9 Å². The molecule has 1 fully saturated rings. The molecule has 4 rings (SSSR count). The summed E-state index contributed by atoms with van der Waals surface area (Å²) in [6.45, 7) is 1.04. The molecule has 7 nitrogen and oxygen atoms in total. The fourth-order valence-corrected chi connectivity index (χ4v) is 3.55. The first-order chi connectivity index (χ1) is 15.2. The van der Waals surface area contributed by atoms with Crippen LogP contribution in [0.25, 0.3) is 0 Å². The smallest absolute Gasteiger partial charge is 0.329 e. The first kappa shape index (κ1) is 20.8. The Morgan fingerprint density at radius 2 is 1.81 bits per heavy atom. The highest BCUT2D eigenvalue weighted by molar-refractivity contribution is 5.95. The van der Waals surface area contributed by atoms with Crippen molar-refractivity contribution in [2.75, 3.05) is 6.54 Å². The van der Waals surface area contributed by atoms with Crippen molar-refractivity contribution in [3.05, 3.63) is 89.6 Å². The van der Waals surface area contributed by atoms with Gasteiger partial charge in [-0.15, -0.1) is 0 Å². The average molecular weight is 419 g/mol. The summed E-state index contributed by atoms with van der Waals surface area (Å²) in [5.74, 6) is -0.471. The molecule has 0 bridgehead atoms. The Bertz CT molecular complexity index is 998. The lowest BCUT2D eigenvalue weighted by Crippen LogP contribution is -2.43. The van der Waals surface area contributed by atoms with E-state index in [1.165, 1.54) is 6.26 Å². The molecule has 0 spiro atoms. The van der Waals surface area contributed by atoms with Crippen LogP contribution in [-0.2, 0) is 22.6 Å². The molecule has 31 heavy (non-hydrogen) atoms. The van der Waals surface area contributed by atoms with Crippen LogP contribution in [0.15, 0.2) is 71.3 Å². The number of aromatic nitrogens is 1. The number of hydrogen-bond donors (Lipinski definition) is 2. The summed E-state index contributed by atoms with van der Waals surface area (Å²) in [4.78, 5) is 29.9. The highest BCUT2D eigenvalue weighted by Crippen LogP contribution is 2.22. The summed E-state index contributed by atoms with van der Waals surface area (Å²) >= 11 is 0. The Morgan fingerprint density at radius 1 is 1.10 bits per heavy atom. The number of ether oxygens (including phenoxy) is 1. The van der Waals surface area contributed by atoms with E-state index in [1.54, 1.807) is 0 Å². The second-order valence-electron chi connectivity index (χ2n) is 7.53. The molecule has 1 saturated heterocycles. The molecule has 0 aliphatic carbocycles. The van der Waals surface area contributed by atoms with Crippen molar-refractivity contribution in [3.63, 3.8) is 0 Å². The molecule has 1 aromatic heterocycles. The van der Waals surface area contributed by atoms with E-state index in [-0.39, 0.29) is 18.3 Å². The Morgan fingerprint density at radius 3 is 2.48 bits per heavy atom. The third kappa shape index (κ3) is 5.58. The number of oxazole rings is 1. The van der Waals surface area contributed by atoms with Gasteiger partial charge in [-0.1, -0.05) is 60.7 Å². The zero-order valence-corrected chi connectivity index (χ0v) is 17.1. The van der Waals surface area contributed by atoms with Gasteiger partial charge in [0.05, 0.1) is 6.04 Å². The number of amides is 1. The van der Waals surface area contributed by atoms with Gasteiger partial charge in [-0.3, -0.25) is 4.79 Å². The Balaban J connectivity index is 1.44. The summed E-state index contributed by atoms with van der Waals surface area (Å²) in [5.41, 5.74) is 1.95. The molecule has 3 aromatic rings. The highest BCUT2D eigenvalue weighted by Gasteiger charge is 2.27. The van der Waals surface area contributed by atoms with Crippen LogP contribution in [0, 0.1) is 0 Å². The zero-order valence-electron chi connectivity index (χ0n) is 17.1. The predicted molar refractivity (Wildman–Crippen MR) is 114 cm³/mol. The third-order valence-electron chi connectivity index (χ3n) is 5.21. The van der Waals surface area contributed by atoms with Gasteiger partial charge in [-0.25, -0.2) is 9.78 Å².